The maximum atomic E-state index is 13.6. The Kier molecular flexibility index (Phi) is 10.5. The number of benzene rings is 2. The zero-order valence-electron chi connectivity index (χ0n) is 34.3. The molecule has 61 heavy (non-hydrogen) atoms. The van der Waals surface area contributed by atoms with Gasteiger partial charge in [-0.1, -0.05) is 29.5 Å². The quantitative estimate of drug-likeness (QED) is 0.170. The van der Waals surface area contributed by atoms with Crippen LogP contribution < -0.4 is 0 Å². The number of hydrogen-bond acceptors (Lipinski definition) is 10. The highest BCUT2D eigenvalue weighted by Crippen LogP contribution is 2.31. The second-order valence-electron chi connectivity index (χ2n) is 15.9. The summed E-state index contributed by atoms with van der Waals surface area (Å²) in [5.41, 5.74) is 7.70. The Bertz CT molecular complexity index is 2930. The summed E-state index contributed by atoms with van der Waals surface area (Å²) in [7, 11) is 6.85. The molecule has 0 saturated heterocycles. The third-order valence-corrected chi connectivity index (χ3v) is 12.2. The van der Waals surface area contributed by atoms with Crippen molar-refractivity contribution in [2.45, 2.75) is 32.2 Å². The van der Waals surface area contributed by atoms with E-state index >= 15 is 0 Å². The van der Waals surface area contributed by atoms with Gasteiger partial charge >= 0.3 is 0 Å². The van der Waals surface area contributed by atoms with Gasteiger partial charge in [0.1, 0.15) is 21.9 Å². The average molecular weight is 837 g/mol. The molecule has 4 amide bonds. The Morgan fingerprint density at radius 1 is 0.803 bits per heavy atom. The van der Waals surface area contributed by atoms with Crippen LogP contribution in [0.3, 0.4) is 0 Å². The van der Waals surface area contributed by atoms with Crippen LogP contribution in [0.2, 0.25) is 0 Å². The smallest absolute Gasteiger partial charge is 0.289 e. The molecule has 1 N–H and O–H groups in total. The molecule has 310 valence electrons. The van der Waals surface area contributed by atoms with E-state index in [-0.39, 0.29) is 36.5 Å². The van der Waals surface area contributed by atoms with Gasteiger partial charge in [0.2, 0.25) is 11.8 Å². The summed E-state index contributed by atoms with van der Waals surface area (Å²) in [6, 6.07) is 17.3. The third kappa shape index (κ3) is 8.18. The van der Waals surface area contributed by atoms with Crippen molar-refractivity contribution in [2.75, 3.05) is 54.4 Å². The summed E-state index contributed by atoms with van der Waals surface area (Å²) in [5.74, 6) is 0.649. The van der Waals surface area contributed by atoms with Gasteiger partial charge in [-0.2, -0.15) is 0 Å². The maximum Gasteiger partial charge on any atom is 0.289 e. The number of aryl methyl sites for hydroxylation is 1. The first-order chi connectivity index (χ1) is 29.4. The van der Waals surface area contributed by atoms with E-state index in [1.807, 2.05) is 70.7 Å². The van der Waals surface area contributed by atoms with Crippen molar-refractivity contribution >= 4 is 78.3 Å². The highest BCUT2D eigenvalue weighted by Gasteiger charge is 2.24. The van der Waals surface area contributed by atoms with Gasteiger partial charge in [0.15, 0.2) is 5.76 Å². The number of aromatic nitrogens is 6. The first kappa shape index (κ1) is 39.5. The minimum absolute atomic E-state index is 0.0210. The molecular formula is C45H44N10O5S. The van der Waals surface area contributed by atoms with Gasteiger partial charge in [-0.3, -0.25) is 23.9 Å². The van der Waals surface area contributed by atoms with Gasteiger partial charge in [-0.15, -0.1) is 16.4 Å². The summed E-state index contributed by atoms with van der Waals surface area (Å²) in [5, 5.41) is 10.5. The number of carbonyl (C=O) groups excluding carboxylic acids is 4. The van der Waals surface area contributed by atoms with Crippen LogP contribution in [0.1, 0.15) is 56.4 Å². The van der Waals surface area contributed by atoms with E-state index in [2.05, 4.69) is 32.4 Å². The van der Waals surface area contributed by atoms with E-state index in [4.69, 9.17) is 9.40 Å². The molecular weight excluding hydrogens is 793 g/mol. The van der Waals surface area contributed by atoms with Gasteiger partial charge < -0.3 is 29.0 Å². The first-order valence-electron chi connectivity index (χ1n) is 20.2. The molecule has 7 aromatic rings. The van der Waals surface area contributed by atoms with Crippen LogP contribution in [-0.2, 0) is 22.6 Å². The molecule has 2 aliphatic rings. The molecule has 16 heteroatoms. The molecule has 0 aliphatic carbocycles. The molecule has 0 spiro atoms. The Balaban J connectivity index is 0.794. The molecule has 7 heterocycles. The van der Waals surface area contributed by atoms with E-state index in [1.54, 1.807) is 43.8 Å². The van der Waals surface area contributed by atoms with Crippen molar-refractivity contribution < 1.29 is 23.6 Å². The van der Waals surface area contributed by atoms with E-state index < -0.39 is 0 Å². The normalized spacial score (nSPS) is 14.4. The highest BCUT2D eigenvalue weighted by atomic mass is 32.1. The van der Waals surface area contributed by atoms with Crippen molar-refractivity contribution in [2.24, 2.45) is 0 Å². The van der Waals surface area contributed by atoms with Crippen molar-refractivity contribution in [3.05, 3.63) is 107 Å². The summed E-state index contributed by atoms with van der Waals surface area (Å²) >= 11 is 1.38. The molecule has 0 atom stereocenters. The number of amides is 4. The topological polar surface area (TPSA) is 167 Å². The number of H-pyrrole nitrogens is 1. The van der Waals surface area contributed by atoms with Gasteiger partial charge in [0, 0.05) is 83.3 Å². The number of nitrogens with zero attached hydrogens (tertiary/aromatic N) is 9. The van der Waals surface area contributed by atoms with Gasteiger partial charge in [0.05, 0.1) is 35.1 Å². The zero-order valence-corrected chi connectivity index (χ0v) is 35.2. The predicted octanol–water partition coefficient (Wildman–Crippen LogP) is 6.15. The van der Waals surface area contributed by atoms with E-state index in [9.17, 15) is 19.2 Å². The Morgan fingerprint density at radius 2 is 1.52 bits per heavy atom. The fourth-order valence-electron chi connectivity index (χ4n) is 7.80. The number of hydrogen-bond donors (Lipinski definition) is 1. The van der Waals surface area contributed by atoms with Crippen molar-refractivity contribution in [1.29, 1.82) is 0 Å². The lowest BCUT2D eigenvalue weighted by molar-refractivity contribution is -0.131. The van der Waals surface area contributed by atoms with Crippen molar-refractivity contribution in [3.8, 4) is 11.3 Å². The van der Waals surface area contributed by atoms with Crippen LogP contribution >= 0.6 is 11.3 Å². The van der Waals surface area contributed by atoms with E-state index in [0.29, 0.717) is 60.5 Å². The Morgan fingerprint density at radius 3 is 2.30 bits per heavy atom. The molecule has 0 unspecified atom stereocenters. The minimum atomic E-state index is -0.192. The second-order valence-corrected chi connectivity index (χ2v) is 16.9. The number of pyridine rings is 1. The van der Waals surface area contributed by atoms with Crippen LogP contribution in [0.4, 0.5) is 0 Å². The summed E-state index contributed by atoms with van der Waals surface area (Å²) < 4.78 is 7.46. The number of furan rings is 1. The highest BCUT2D eigenvalue weighted by molar-refractivity contribution is 7.20. The minimum Gasteiger partial charge on any atom is -0.451 e. The number of imidazole rings is 1. The van der Waals surface area contributed by atoms with E-state index in [0.717, 1.165) is 67.3 Å². The molecule has 5 aromatic heterocycles. The lowest BCUT2D eigenvalue weighted by Gasteiger charge is -2.27. The van der Waals surface area contributed by atoms with Crippen molar-refractivity contribution in [1.82, 2.24) is 49.5 Å². The molecule has 0 radical (unpaired) electrons. The molecule has 2 aliphatic heterocycles. The summed E-state index contributed by atoms with van der Waals surface area (Å²) in [6.45, 7) is 2.60. The van der Waals surface area contributed by atoms with Gasteiger partial charge in [0.25, 0.3) is 11.8 Å². The second kappa shape index (κ2) is 16.3. The fourth-order valence-corrected chi connectivity index (χ4v) is 8.81. The largest absolute Gasteiger partial charge is 0.451 e. The lowest BCUT2D eigenvalue weighted by atomic mass is 9.99. The number of aromatic amines is 1. The number of nitrogens with one attached hydrogen (secondary N) is 1. The molecule has 0 saturated carbocycles. The van der Waals surface area contributed by atoms with Crippen LogP contribution in [0.15, 0.2) is 83.6 Å². The zero-order chi connectivity index (χ0) is 42.4. The van der Waals surface area contributed by atoms with Crippen LogP contribution in [0, 0.1) is 0 Å². The fraction of sp³-hybridized carbons (Fsp3) is 0.289. The molecule has 0 bridgehead atoms. The Labute approximate surface area is 354 Å². The SMILES string of the molecule is CN(C)C(=O)c1cc2cc(C3=CCCN(C(=O)Cc4nc5ccc(-c6cn(CCC(=O)N7CCC=C(c8cnc9sc(C(=O)N(C)C)cc9c8)C7)nn6)cc5[nH]4)C3)ccc2o1. The lowest BCUT2D eigenvalue weighted by Crippen LogP contribution is -2.36. The molecule has 2 aromatic carbocycles. The maximum absolute atomic E-state index is 13.6. The average Bonchev–Trinajstić information content (AvgIpc) is 4.09. The third-order valence-electron chi connectivity index (χ3n) is 11.1. The van der Waals surface area contributed by atoms with Crippen LogP contribution in [-0.4, -0.2) is 128 Å². The number of carbonyl (C=O) groups is 4. The first-order valence-corrected chi connectivity index (χ1v) is 21.0. The monoisotopic (exact) mass is 836 g/mol. The van der Waals surface area contributed by atoms with Gasteiger partial charge in [-0.25, -0.2) is 9.97 Å². The van der Waals surface area contributed by atoms with Gasteiger partial charge in [-0.05, 0) is 77.6 Å². The number of rotatable bonds is 10. The summed E-state index contributed by atoms with van der Waals surface area (Å²) in [6.07, 6.45) is 9.87. The van der Waals surface area contributed by atoms with Crippen LogP contribution in [0.5, 0.6) is 0 Å². The standard InChI is InChI=1S/C45H44N10O5S/c1-51(2)44(58)38-20-31-17-27(10-12-37(31)60-38)29-7-5-15-54(24-29)42(57)22-40-47-34-11-9-28(19-35(34)48-40)36-26-55(50-49-36)16-13-41(56)53-14-6-8-30(25-53)33-18-32-21-39(45(59)52(3)4)61-43(32)46-23-33/h7-12,17-21,23,26H,5-6,13-16,22,24-25H2,1-4H3,(H,47,48). The van der Waals surface area contributed by atoms with Crippen molar-refractivity contribution in [3.63, 3.8) is 0 Å². The predicted molar refractivity (Wildman–Crippen MR) is 234 cm³/mol. The number of thiophene rings is 1. The van der Waals surface area contributed by atoms with Crippen LogP contribution in [0.25, 0.3) is 54.6 Å². The number of fused-ring (bicyclic) bond motifs is 3. The Hall–Kier alpha value is -6.94. The molecule has 0 fully saturated rings. The van der Waals surface area contributed by atoms with E-state index in [1.165, 1.54) is 16.2 Å². The summed E-state index contributed by atoms with van der Waals surface area (Å²) in [4.78, 5) is 72.7. The molecule has 15 nitrogen and oxygen atoms in total. The molecule has 9 rings (SSSR count).